The van der Waals surface area contributed by atoms with Crippen molar-refractivity contribution in [1.29, 1.82) is 5.41 Å². The summed E-state index contributed by atoms with van der Waals surface area (Å²) in [7, 11) is 1.54. The van der Waals surface area contributed by atoms with Gasteiger partial charge in [0, 0.05) is 18.0 Å². The Morgan fingerprint density at radius 3 is 2.64 bits per heavy atom. The Hall–Kier alpha value is -4.44. The van der Waals surface area contributed by atoms with Crippen molar-refractivity contribution in [1.82, 2.24) is 9.99 Å². The summed E-state index contributed by atoms with van der Waals surface area (Å²) in [5.41, 5.74) is 1.58. The first kappa shape index (κ1) is 23.3. The van der Waals surface area contributed by atoms with Crippen molar-refractivity contribution in [3.05, 3.63) is 89.8 Å². The maximum atomic E-state index is 12.7. The molecule has 10 heteroatoms. The van der Waals surface area contributed by atoms with Crippen LogP contribution in [0.25, 0.3) is 6.08 Å². The van der Waals surface area contributed by atoms with Gasteiger partial charge in [0.15, 0.2) is 17.3 Å². The molecule has 36 heavy (non-hydrogen) atoms. The number of aliphatic imine (C=N–C) groups is 1. The summed E-state index contributed by atoms with van der Waals surface area (Å²) in [6, 6.07) is 18.4. The number of amides is 1. The number of hydrogen-bond donors (Lipinski definition) is 1. The Morgan fingerprint density at radius 2 is 1.86 bits per heavy atom. The fourth-order valence-corrected chi connectivity index (χ4v) is 4.37. The smallest absolute Gasteiger partial charge is 0.283 e. The standard InChI is InChI=1S/C26H21N5O4S/c1-33-22-15-17(9-10-21(22)35-13-12-34-19-7-3-2-4-8-19)14-20-23(27)31-26(29-24(20)32)36-25(30-31)18-6-5-11-28-16-18/h2-11,14-16,27H,12-13H2,1H3/b20-14-,27-23?. The van der Waals surface area contributed by atoms with E-state index in [4.69, 9.17) is 19.6 Å². The van der Waals surface area contributed by atoms with Gasteiger partial charge >= 0.3 is 0 Å². The number of amidine groups is 2. The van der Waals surface area contributed by atoms with Crippen LogP contribution in [0.2, 0.25) is 0 Å². The van der Waals surface area contributed by atoms with Gasteiger partial charge in [-0.15, -0.1) is 0 Å². The number of carbonyl (C=O) groups excluding carboxylic acids is 1. The molecule has 5 rings (SSSR count). The van der Waals surface area contributed by atoms with Gasteiger partial charge in [-0.3, -0.25) is 15.2 Å². The number of aromatic nitrogens is 1. The lowest BCUT2D eigenvalue weighted by Gasteiger charge is -2.20. The molecule has 2 aromatic carbocycles. The van der Waals surface area contributed by atoms with Crippen molar-refractivity contribution in [2.75, 3.05) is 20.3 Å². The predicted octanol–water partition coefficient (Wildman–Crippen LogP) is 4.22. The normalized spacial score (nSPS) is 15.9. The second-order valence-electron chi connectivity index (χ2n) is 7.59. The highest BCUT2D eigenvalue weighted by atomic mass is 32.2. The highest BCUT2D eigenvalue weighted by Crippen LogP contribution is 2.32. The van der Waals surface area contributed by atoms with Gasteiger partial charge in [-0.2, -0.15) is 15.1 Å². The first-order valence-corrected chi connectivity index (χ1v) is 11.8. The van der Waals surface area contributed by atoms with E-state index in [0.717, 1.165) is 11.3 Å². The number of fused-ring (bicyclic) bond motifs is 1. The summed E-state index contributed by atoms with van der Waals surface area (Å²) in [5, 5.41) is 15.4. The Morgan fingerprint density at radius 1 is 1.03 bits per heavy atom. The van der Waals surface area contributed by atoms with Gasteiger partial charge in [0.1, 0.15) is 24.0 Å². The Kier molecular flexibility index (Phi) is 6.76. The number of hydrogen-bond acceptors (Lipinski definition) is 8. The summed E-state index contributed by atoms with van der Waals surface area (Å²) >= 11 is 1.23. The first-order valence-electron chi connectivity index (χ1n) is 11.0. The predicted molar refractivity (Wildman–Crippen MR) is 139 cm³/mol. The molecule has 1 aromatic heterocycles. The maximum absolute atomic E-state index is 12.7. The monoisotopic (exact) mass is 499 g/mol. The zero-order valence-electron chi connectivity index (χ0n) is 19.2. The van der Waals surface area contributed by atoms with Crippen LogP contribution in [0.15, 0.2) is 88.7 Å². The zero-order valence-corrected chi connectivity index (χ0v) is 20.1. The molecule has 0 saturated heterocycles. The summed E-state index contributed by atoms with van der Waals surface area (Å²) in [4.78, 5) is 21.0. The molecule has 0 atom stereocenters. The van der Waals surface area contributed by atoms with E-state index in [1.165, 1.54) is 16.8 Å². The fraction of sp³-hybridized carbons (Fsp3) is 0.115. The lowest BCUT2D eigenvalue weighted by atomic mass is 10.1. The largest absolute Gasteiger partial charge is 0.493 e. The molecular formula is C26H21N5O4S. The third-order valence-corrected chi connectivity index (χ3v) is 6.17. The fourth-order valence-electron chi connectivity index (χ4n) is 3.49. The quantitative estimate of drug-likeness (QED) is 0.365. The number of nitrogens with zero attached hydrogens (tertiary/aromatic N) is 4. The van der Waals surface area contributed by atoms with Crippen LogP contribution >= 0.6 is 11.8 Å². The van der Waals surface area contributed by atoms with E-state index in [1.54, 1.807) is 49.8 Å². The summed E-state index contributed by atoms with van der Waals surface area (Å²) in [6.07, 6.45) is 4.94. The minimum atomic E-state index is -0.501. The van der Waals surface area contributed by atoms with Crippen LogP contribution in [0.3, 0.4) is 0 Å². The molecule has 0 saturated carbocycles. The topological polar surface area (TPSA) is 109 Å². The summed E-state index contributed by atoms with van der Waals surface area (Å²) in [6.45, 7) is 0.705. The number of benzene rings is 2. The molecule has 0 unspecified atom stereocenters. The molecule has 3 heterocycles. The third kappa shape index (κ3) is 4.98. The van der Waals surface area contributed by atoms with Crippen LogP contribution in [0.5, 0.6) is 17.2 Å². The van der Waals surface area contributed by atoms with Crippen molar-refractivity contribution in [3.63, 3.8) is 0 Å². The molecule has 1 amide bonds. The SMILES string of the molecule is COc1cc(/C=C2/C(=N)N3N=C(c4cccnc4)SC3=NC2=O)ccc1OCCOc1ccccc1. The number of thioether (sulfide) groups is 1. The van der Waals surface area contributed by atoms with E-state index in [1.807, 2.05) is 36.4 Å². The number of carbonyl (C=O) groups is 1. The van der Waals surface area contributed by atoms with Crippen LogP contribution in [0.1, 0.15) is 11.1 Å². The molecule has 3 aromatic rings. The van der Waals surface area contributed by atoms with Gasteiger partial charge in [0.25, 0.3) is 5.91 Å². The van der Waals surface area contributed by atoms with E-state index in [9.17, 15) is 4.79 Å². The summed E-state index contributed by atoms with van der Waals surface area (Å²) in [5.74, 6) is 1.27. The van der Waals surface area contributed by atoms with Gasteiger partial charge in [-0.25, -0.2) is 0 Å². The maximum Gasteiger partial charge on any atom is 0.283 e. The van der Waals surface area contributed by atoms with E-state index >= 15 is 0 Å². The average Bonchev–Trinajstić information content (AvgIpc) is 3.35. The van der Waals surface area contributed by atoms with Crippen molar-refractivity contribution in [2.24, 2.45) is 10.1 Å². The van der Waals surface area contributed by atoms with Crippen molar-refractivity contribution >= 4 is 39.8 Å². The van der Waals surface area contributed by atoms with Crippen LogP contribution in [0.4, 0.5) is 0 Å². The second-order valence-corrected chi connectivity index (χ2v) is 8.54. The molecule has 0 aliphatic carbocycles. The lowest BCUT2D eigenvalue weighted by molar-refractivity contribution is -0.114. The minimum absolute atomic E-state index is 0.0475. The minimum Gasteiger partial charge on any atom is -0.493 e. The number of pyridine rings is 1. The Bertz CT molecular complexity index is 1390. The highest BCUT2D eigenvalue weighted by molar-refractivity contribution is 8.27. The number of rotatable bonds is 8. The van der Waals surface area contributed by atoms with Crippen molar-refractivity contribution < 1.29 is 19.0 Å². The van der Waals surface area contributed by atoms with E-state index < -0.39 is 5.91 Å². The van der Waals surface area contributed by atoms with Crippen LogP contribution < -0.4 is 14.2 Å². The van der Waals surface area contributed by atoms with E-state index in [-0.39, 0.29) is 11.4 Å². The van der Waals surface area contributed by atoms with E-state index in [2.05, 4.69) is 15.1 Å². The molecule has 0 spiro atoms. The molecule has 1 N–H and O–H groups in total. The Balaban J connectivity index is 1.29. The molecule has 180 valence electrons. The third-order valence-electron chi connectivity index (χ3n) is 5.21. The van der Waals surface area contributed by atoms with Gasteiger partial charge in [0.05, 0.1) is 12.7 Å². The van der Waals surface area contributed by atoms with Gasteiger partial charge in [0.2, 0.25) is 5.17 Å². The van der Waals surface area contributed by atoms with Crippen LogP contribution in [-0.2, 0) is 4.79 Å². The van der Waals surface area contributed by atoms with Crippen LogP contribution in [0, 0.1) is 5.41 Å². The molecular weight excluding hydrogens is 478 g/mol. The van der Waals surface area contributed by atoms with Gasteiger partial charge in [-0.1, -0.05) is 24.3 Å². The molecule has 0 fully saturated rings. The average molecular weight is 500 g/mol. The number of methoxy groups -OCH3 is 1. The van der Waals surface area contributed by atoms with Gasteiger partial charge in [-0.05, 0) is 59.8 Å². The summed E-state index contributed by atoms with van der Waals surface area (Å²) < 4.78 is 16.9. The number of para-hydroxylation sites is 1. The van der Waals surface area contributed by atoms with Crippen molar-refractivity contribution in [3.8, 4) is 17.2 Å². The first-order chi connectivity index (χ1) is 17.6. The molecule has 0 radical (unpaired) electrons. The second kappa shape index (κ2) is 10.4. The van der Waals surface area contributed by atoms with Gasteiger partial charge < -0.3 is 14.2 Å². The van der Waals surface area contributed by atoms with E-state index in [0.29, 0.717) is 40.5 Å². The molecule has 9 nitrogen and oxygen atoms in total. The number of nitrogens with one attached hydrogen (secondary N) is 1. The zero-order chi connectivity index (χ0) is 24.9. The van der Waals surface area contributed by atoms with Crippen molar-refractivity contribution in [2.45, 2.75) is 0 Å². The highest BCUT2D eigenvalue weighted by Gasteiger charge is 2.36. The number of hydrazone groups is 1. The molecule has 2 aliphatic rings. The Labute approximate surface area is 211 Å². The molecule has 2 aliphatic heterocycles. The molecule has 0 bridgehead atoms. The number of ether oxygens (including phenoxy) is 3. The lowest BCUT2D eigenvalue weighted by Crippen LogP contribution is -2.35. The van der Waals surface area contributed by atoms with Crippen LogP contribution in [-0.4, -0.2) is 52.3 Å².